The van der Waals surface area contributed by atoms with Gasteiger partial charge in [-0.2, -0.15) is 4.98 Å². The van der Waals surface area contributed by atoms with E-state index >= 15 is 0 Å². The van der Waals surface area contributed by atoms with Crippen molar-refractivity contribution in [3.8, 4) is 0 Å². The van der Waals surface area contributed by atoms with Crippen LogP contribution >= 0.6 is 11.3 Å². The fourth-order valence-corrected chi connectivity index (χ4v) is 5.21. The summed E-state index contributed by atoms with van der Waals surface area (Å²) in [6.45, 7) is 5.71. The lowest BCUT2D eigenvalue weighted by atomic mass is 9.98. The van der Waals surface area contributed by atoms with E-state index in [9.17, 15) is 4.79 Å². The molecule has 2 aromatic rings. The Bertz CT molecular complexity index is 774. The highest BCUT2D eigenvalue weighted by Crippen LogP contribution is 2.34. The van der Waals surface area contributed by atoms with E-state index in [4.69, 9.17) is 9.51 Å². The van der Waals surface area contributed by atoms with E-state index in [0.29, 0.717) is 30.5 Å². The molecule has 27 heavy (non-hydrogen) atoms. The van der Waals surface area contributed by atoms with Gasteiger partial charge in [-0.05, 0) is 38.5 Å². The Hall–Kier alpha value is -1.76. The van der Waals surface area contributed by atoms with Crippen LogP contribution in [0.2, 0.25) is 0 Å². The second-order valence-corrected chi connectivity index (χ2v) is 9.12. The lowest BCUT2D eigenvalue weighted by molar-refractivity contribution is -0.132. The summed E-state index contributed by atoms with van der Waals surface area (Å²) in [6.07, 6.45) is 8.01. The first-order chi connectivity index (χ1) is 13.1. The van der Waals surface area contributed by atoms with Gasteiger partial charge in [0.2, 0.25) is 11.8 Å². The summed E-state index contributed by atoms with van der Waals surface area (Å²) in [4.78, 5) is 25.5. The molecule has 0 unspecified atom stereocenters. The van der Waals surface area contributed by atoms with E-state index < -0.39 is 0 Å². The van der Waals surface area contributed by atoms with E-state index in [1.165, 1.54) is 34.8 Å². The summed E-state index contributed by atoms with van der Waals surface area (Å²) in [5.74, 6) is 2.10. The van der Waals surface area contributed by atoms with Crippen LogP contribution in [0, 0.1) is 0 Å². The summed E-state index contributed by atoms with van der Waals surface area (Å²) >= 11 is 1.89. The Kier molecular flexibility index (Phi) is 5.57. The van der Waals surface area contributed by atoms with Crippen molar-refractivity contribution >= 4 is 17.2 Å². The smallest absolute Gasteiger partial charge is 0.227 e. The molecular weight excluding hydrogens is 360 g/mol. The molecule has 4 rings (SSSR count). The molecule has 2 aromatic heterocycles. The summed E-state index contributed by atoms with van der Waals surface area (Å²) in [7, 11) is 0. The summed E-state index contributed by atoms with van der Waals surface area (Å²) in [6, 6.07) is 0. The summed E-state index contributed by atoms with van der Waals surface area (Å²) in [5.41, 5.74) is 1.32. The van der Waals surface area contributed by atoms with Gasteiger partial charge in [0, 0.05) is 42.6 Å². The molecule has 146 valence electrons. The largest absolute Gasteiger partial charge is 0.342 e. The normalized spacial score (nSPS) is 20.1. The molecule has 1 amide bonds. The molecule has 1 atom stereocenters. The standard InChI is InChI=1S/C20H28N4O2S/c1-13(2)19-22-17(26-23-19)9-10-18(25)24-11-5-6-14(12-24)20-21-15-7-3-4-8-16(15)27-20/h13-14H,3-12H2,1-2H3/t14-/m0/s1. The zero-order valence-electron chi connectivity index (χ0n) is 16.2. The quantitative estimate of drug-likeness (QED) is 0.777. The van der Waals surface area contributed by atoms with Gasteiger partial charge >= 0.3 is 0 Å². The highest BCUT2D eigenvalue weighted by atomic mass is 32.1. The number of amides is 1. The van der Waals surface area contributed by atoms with Gasteiger partial charge in [0.25, 0.3) is 0 Å². The van der Waals surface area contributed by atoms with Crippen molar-refractivity contribution in [1.29, 1.82) is 0 Å². The van der Waals surface area contributed by atoms with Gasteiger partial charge in [0.15, 0.2) is 5.82 Å². The number of hydrogen-bond acceptors (Lipinski definition) is 6. The molecule has 1 saturated heterocycles. The fraction of sp³-hybridized carbons (Fsp3) is 0.700. The molecular formula is C20H28N4O2S. The topological polar surface area (TPSA) is 72.1 Å². The molecule has 0 saturated carbocycles. The predicted molar refractivity (Wildman–Crippen MR) is 104 cm³/mol. The number of aromatic nitrogens is 3. The van der Waals surface area contributed by atoms with Crippen LogP contribution in [0.15, 0.2) is 4.52 Å². The summed E-state index contributed by atoms with van der Waals surface area (Å²) < 4.78 is 5.26. The average Bonchev–Trinajstić information content (AvgIpc) is 3.33. The number of fused-ring (bicyclic) bond motifs is 1. The third-order valence-electron chi connectivity index (χ3n) is 5.54. The molecule has 1 fully saturated rings. The van der Waals surface area contributed by atoms with Gasteiger partial charge < -0.3 is 9.42 Å². The van der Waals surface area contributed by atoms with Crippen LogP contribution < -0.4 is 0 Å². The molecule has 7 heteroatoms. The van der Waals surface area contributed by atoms with E-state index in [0.717, 1.165) is 32.4 Å². The number of nitrogens with zero attached hydrogens (tertiary/aromatic N) is 4. The van der Waals surface area contributed by atoms with Crippen molar-refractivity contribution in [3.63, 3.8) is 0 Å². The monoisotopic (exact) mass is 388 g/mol. The van der Waals surface area contributed by atoms with Crippen LogP contribution in [0.1, 0.15) is 85.1 Å². The number of hydrogen-bond donors (Lipinski definition) is 0. The Labute approximate surface area is 164 Å². The molecule has 0 N–H and O–H groups in total. The van der Waals surface area contributed by atoms with Crippen molar-refractivity contribution in [2.24, 2.45) is 0 Å². The molecule has 0 aromatic carbocycles. The van der Waals surface area contributed by atoms with Gasteiger partial charge in [-0.25, -0.2) is 4.98 Å². The molecule has 6 nitrogen and oxygen atoms in total. The molecule has 0 radical (unpaired) electrons. The van der Waals surface area contributed by atoms with Gasteiger partial charge in [-0.15, -0.1) is 11.3 Å². The predicted octanol–water partition coefficient (Wildman–Crippen LogP) is 3.87. The van der Waals surface area contributed by atoms with Crippen molar-refractivity contribution < 1.29 is 9.32 Å². The van der Waals surface area contributed by atoms with E-state index in [-0.39, 0.29) is 11.8 Å². The number of carbonyl (C=O) groups excluding carboxylic acids is 1. The maximum absolute atomic E-state index is 12.7. The minimum Gasteiger partial charge on any atom is -0.342 e. The highest BCUT2D eigenvalue weighted by Gasteiger charge is 2.28. The van der Waals surface area contributed by atoms with Crippen molar-refractivity contribution in [1.82, 2.24) is 20.0 Å². The maximum atomic E-state index is 12.7. The second-order valence-electron chi connectivity index (χ2n) is 8.01. The van der Waals surface area contributed by atoms with Gasteiger partial charge in [-0.3, -0.25) is 4.79 Å². The van der Waals surface area contributed by atoms with Crippen molar-refractivity contribution in [3.05, 3.63) is 27.3 Å². The number of piperidine rings is 1. The van der Waals surface area contributed by atoms with Gasteiger partial charge in [0.05, 0.1) is 10.7 Å². The van der Waals surface area contributed by atoms with Crippen LogP contribution in [0.4, 0.5) is 0 Å². The molecule has 2 aliphatic rings. The van der Waals surface area contributed by atoms with Crippen LogP contribution in [0.3, 0.4) is 0 Å². The number of likely N-dealkylation sites (tertiary alicyclic amines) is 1. The highest BCUT2D eigenvalue weighted by molar-refractivity contribution is 7.11. The number of thiazole rings is 1. The van der Waals surface area contributed by atoms with Crippen LogP contribution in [0.25, 0.3) is 0 Å². The minimum atomic E-state index is 0.185. The molecule has 0 bridgehead atoms. The van der Waals surface area contributed by atoms with Gasteiger partial charge in [-0.1, -0.05) is 19.0 Å². The first-order valence-electron chi connectivity index (χ1n) is 10.2. The maximum Gasteiger partial charge on any atom is 0.227 e. The van der Waals surface area contributed by atoms with Gasteiger partial charge in [0.1, 0.15) is 0 Å². The first-order valence-corrected chi connectivity index (χ1v) is 11.0. The third kappa shape index (κ3) is 4.23. The Morgan fingerprint density at radius 2 is 2.11 bits per heavy atom. The molecule has 0 spiro atoms. The Balaban J connectivity index is 1.34. The molecule has 1 aliphatic carbocycles. The SMILES string of the molecule is CC(C)c1noc(CCC(=O)N2CCC[C@H](c3nc4c(s3)CCCC4)C2)n1. The van der Waals surface area contributed by atoms with Crippen molar-refractivity contribution in [2.75, 3.05) is 13.1 Å². The number of carbonyl (C=O) groups is 1. The van der Waals surface area contributed by atoms with Crippen LogP contribution in [0.5, 0.6) is 0 Å². The van der Waals surface area contributed by atoms with E-state index in [1.54, 1.807) is 0 Å². The second kappa shape index (κ2) is 8.09. The summed E-state index contributed by atoms with van der Waals surface area (Å²) in [5, 5.41) is 5.22. The Morgan fingerprint density at radius 1 is 1.26 bits per heavy atom. The van der Waals surface area contributed by atoms with E-state index in [2.05, 4.69) is 10.1 Å². The Morgan fingerprint density at radius 3 is 2.89 bits per heavy atom. The lowest BCUT2D eigenvalue weighted by Crippen LogP contribution is -2.39. The minimum absolute atomic E-state index is 0.185. The zero-order valence-corrected chi connectivity index (χ0v) is 17.1. The average molecular weight is 389 g/mol. The zero-order chi connectivity index (χ0) is 18.8. The number of aryl methyl sites for hydroxylation is 3. The molecule has 3 heterocycles. The first kappa shape index (κ1) is 18.6. The lowest BCUT2D eigenvalue weighted by Gasteiger charge is -2.31. The van der Waals surface area contributed by atoms with Crippen molar-refractivity contribution in [2.45, 2.75) is 77.0 Å². The third-order valence-corrected chi connectivity index (χ3v) is 6.86. The number of rotatable bonds is 5. The molecule has 1 aliphatic heterocycles. The van der Waals surface area contributed by atoms with E-state index in [1.807, 2.05) is 30.1 Å². The van der Waals surface area contributed by atoms with Crippen LogP contribution in [-0.4, -0.2) is 39.0 Å². The van der Waals surface area contributed by atoms with Crippen LogP contribution in [-0.2, 0) is 24.1 Å². The fourth-order valence-electron chi connectivity index (χ4n) is 3.93.